The minimum atomic E-state index is -0.863. The van der Waals surface area contributed by atoms with Crippen molar-refractivity contribution in [3.8, 4) is 0 Å². The Kier molecular flexibility index (Phi) is 4.59. The third-order valence-corrected chi connectivity index (χ3v) is 6.69. The van der Waals surface area contributed by atoms with Gasteiger partial charge in [0.1, 0.15) is 11.4 Å². The molecule has 1 aromatic rings. The monoisotopic (exact) mass is 360 g/mol. The van der Waals surface area contributed by atoms with Gasteiger partial charge in [0.15, 0.2) is 0 Å². The zero-order valence-electron chi connectivity index (χ0n) is 16.3. The fraction of sp³-hybridized carbons (Fsp3) is 0.800. The van der Waals surface area contributed by atoms with Gasteiger partial charge >= 0.3 is 0 Å². The lowest BCUT2D eigenvalue weighted by atomic mass is 9.85. The van der Waals surface area contributed by atoms with E-state index in [0.29, 0.717) is 31.2 Å². The maximum Gasteiger partial charge on any atom is 0.236 e. The van der Waals surface area contributed by atoms with Gasteiger partial charge in [0.25, 0.3) is 0 Å². The zero-order valence-corrected chi connectivity index (χ0v) is 16.3. The zero-order chi connectivity index (χ0) is 18.5. The van der Waals surface area contributed by atoms with Gasteiger partial charge in [0.2, 0.25) is 5.91 Å². The van der Waals surface area contributed by atoms with Gasteiger partial charge in [-0.05, 0) is 43.9 Å². The van der Waals surface area contributed by atoms with Crippen LogP contribution in [-0.4, -0.2) is 62.1 Å². The van der Waals surface area contributed by atoms with Gasteiger partial charge in [0.05, 0.1) is 6.54 Å². The van der Waals surface area contributed by atoms with E-state index < -0.39 is 5.60 Å². The van der Waals surface area contributed by atoms with Crippen LogP contribution in [0.2, 0.25) is 0 Å². The number of hydrogen-bond acceptors (Lipinski definition) is 4. The molecule has 0 saturated carbocycles. The van der Waals surface area contributed by atoms with E-state index in [4.69, 9.17) is 0 Å². The number of aliphatic hydroxyl groups is 1. The molecule has 0 aliphatic carbocycles. The van der Waals surface area contributed by atoms with Gasteiger partial charge in [-0.1, -0.05) is 13.8 Å². The molecule has 4 heterocycles. The normalized spacial score (nSPS) is 37.9. The molecule has 144 valence electrons. The average Bonchev–Trinajstić information content (AvgIpc) is 3.09. The SMILES string of the molecule is C[C@H]1C[C@H](C)CN(C(=O)CN2[C@@H]3CC[C@@H]2CC(O)(c2nccn2C)C3)C1. The third-order valence-electron chi connectivity index (χ3n) is 6.69. The Hall–Kier alpha value is -1.40. The smallest absolute Gasteiger partial charge is 0.236 e. The average molecular weight is 361 g/mol. The number of amides is 1. The number of carbonyl (C=O) groups is 1. The van der Waals surface area contributed by atoms with Crippen LogP contribution in [0, 0.1) is 11.8 Å². The maximum atomic E-state index is 12.9. The molecule has 1 N–H and O–H groups in total. The first-order valence-electron chi connectivity index (χ1n) is 10.1. The minimum absolute atomic E-state index is 0.266. The van der Waals surface area contributed by atoms with Crippen molar-refractivity contribution in [2.75, 3.05) is 19.6 Å². The van der Waals surface area contributed by atoms with E-state index in [1.807, 2.05) is 17.8 Å². The highest BCUT2D eigenvalue weighted by Gasteiger charge is 2.50. The van der Waals surface area contributed by atoms with Crippen LogP contribution in [-0.2, 0) is 17.4 Å². The molecule has 6 nitrogen and oxygen atoms in total. The molecule has 4 atom stereocenters. The molecular weight excluding hydrogens is 328 g/mol. The number of fused-ring (bicyclic) bond motifs is 2. The molecule has 3 saturated heterocycles. The highest BCUT2D eigenvalue weighted by atomic mass is 16.3. The van der Waals surface area contributed by atoms with Crippen LogP contribution in [0.4, 0.5) is 0 Å². The first-order valence-corrected chi connectivity index (χ1v) is 10.1. The van der Waals surface area contributed by atoms with Crippen LogP contribution < -0.4 is 0 Å². The highest BCUT2D eigenvalue weighted by Crippen LogP contribution is 2.45. The number of aryl methyl sites for hydroxylation is 1. The number of nitrogens with zero attached hydrogens (tertiary/aromatic N) is 4. The summed E-state index contributed by atoms with van der Waals surface area (Å²) in [5.74, 6) is 2.21. The first kappa shape index (κ1) is 18.0. The minimum Gasteiger partial charge on any atom is -0.382 e. The van der Waals surface area contributed by atoms with Gasteiger partial charge in [-0.2, -0.15) is 0 Å². The molecule has 6 heteroatoms. The fourth-order valence-electron chi connectivity index (χ4n) is 5.69. The Morgan fingerprint density at radius 1 is 1.23 bits per heavy atom. The van der Waals surface area contributed by atoms with Gasteiger partial charge in [-0.3, -0.25) is 9.69 Å². The van der Waals surface area contributed by atoms with Crippen LogP contribution in [0.3, 0.4) is 0 Å². The van der Waals surface area contributed by atoms with Gasteiger partial charge in [-0.15, -0.1) is 0 Å². The number of likely N-dealkylation sites (tertiary alicyclic amines) is 1. The Labute approximate surface area is 156 Å². The summed E-state index contributed by atoms with van der Waals surface area (Å²) in [5, 5.41) is 11.3. The van der Waals surface area contributed by atoms with E-state index in [9.17, 15) is 9.90 Å². The van der Waals surface area contributed by atoms with Crippen molar-refractivity contribution in [1.82, 2.24) is 19.4 Å². The second kappa shape index (κ2) is 6.64. The molecule has 2 bridgehead atoms. The molecule has 3 fully saturated rings. The van der Waals surface area contributed by atoms with Gasteiger partial charge in [-0.25, -0.2) is 4.98 Å². The molecule has 0 radical (unpaired) electrons. The third kappa shape index (κ3) is 3.18. The van der Waals surface area contributed by atoms with E-state index >= 15 is 0 Å². The molecule has 26 heavy (non-hydrogen) atoms. The summed E-state index contributed by atoms with van der Waals surface area (Å²) in [7, 11) is 1.94. The van der Waals surface area contributed by atoms with Crippen molar-refractivity contribution in [2.45, 2.75) is 63.6 Å². The van der Waals surface area contributed by atoms with Crippen LogP contribution in [0.15, 0.2) is 12.4 Å². The van der Waals surface area contributed by atoms with Crippen molar-refractivity contribution >= 4 is 5.91 Å². The summed E-state index contributed by atoms with van der Waals surface area (Å²) in [6.07, 6.45) is 8.35. The number of piperidine rings is 2. The van der Waals surface area contributed by atoms with Crippen molar-refractivity contribution in [3.63, 3.8) is 0 Å². The van der Waals surface area contributed by atoms with Crippen LogP contribution >= 0.6 is 0 Å². The predicted octanol–water partition coefficient (Wildman–Crippen LogP) is 1.74. The van der Waals surface area contributed by atoms with Crippen LogP contribution in [0.5, 0.6) is 0 Å². The second-order valence-corrected chi connectivity index (χ2v) is 9.10. The van der Waals surface area contributed by atoms with E-state index in [1.54, 1.807) is 6.20 Å². The molecular formula is C20H32N4O2. The summed E-state index contributed by atoms with van der Waals surface area (Å²) in [4.78, 5) is 21.8. The number of imidazole rings is 1. The fourth-order valence-corrected chi connectivity index (χ4v) is 5.69. The van der Waals surface area contributed by atoms with E-state index in [-0.39, 0.29) is 18.0 Å². The van der Waals surface area contributed by atoms with Gasteiger partial charge in [0, 0.05) is 44.6 Å². The van der Waals surface area contributed by atoms with Crippen LogP contribution in [0.25, 0.3) is 0 Å². The van der Waals surface area contributed by atoms with Crippen molar-refractivity contribution < 1.29 is 9.90 Å². The first-order chi connectivity index (χ1) is 12.4. The molecule has 0 aromatic carbocycles. The lowest BCUT2D eigenvalue weighted by molar-refractivity contribution is -0.138. The molecule has 4 rings (SSSR count). The van der Waals surface area contributed by atoms with E-state index in [1.165, 1.54) is 6.42 Å². The number of hydrogen-bond donors (Lipinski definition) is 1. The Balaban J connectivity index is 1.44. The van der Waals surface area contributed by atoms with Crippen LogP contribution in [0.1, 0.15) is 51.8 Å². The molecule has 0 spiro atoms. The summed E-state index contributed by atoms with van der Waals surface area (Å²) in [6.45, 7) is 6.78. The van der Waals surface area contributed by atoms with Crippen molar-refractivity contribution in [3.05, 3.63) is 18.2 Å². The summed E-state index contributed by atoms with van der Waals surface area (Å²) in [5.41, 5.74) is -0.863. The molecule has 1 amide bonds. The number of carbonyl (C=O) groups excluding carboxylic acids is 1. The summed E-state index contributed by atoms with van der Waals surface area (Å²) >= 11 is 0. The highest BCUT2D eigenvalue weighted by molar-refractivity contribution is 5.78. The standard InChI is InChI=1S/C20H32N4O2/c1-14-8-15(2)12-23(11-14)18(25)13-24-16-4-5-17(24)10-20(26,9-16)19-21-6-7-22(19)3/h6-7,14-17,26H,4-5,8-13H2,1-3H3/t14-,15-,16+,17+/m0/s1. The molecule has 1 aromatic heterocycles. The number of aromatic nitrogens is 2. The quantitative estimate of drug-likeness (QED) is 0.892. The summed E-state index contributed by atoms with van der Waals surface area (Å²) < 4.78 is 1.93. The molecule has 0 unspecified atom stereocenters. The molecule has 3 aliphatic heterocycles. The van der Waals surface area contributed by atoms with E-state index in [2.05, 4.69) is 28.6 Å². The molecule has 3 aliphatic rings. The van der Waals surface area contributed by atoms with Crippen molar-refractivity contribution in [1.29, 1.82) is 0 Å². The Morgan fingerprint density at radius 3 is 2.38 bits per heavy atom. The Morgan fingerprint density at radius 2 is 1.85 bits per heavy atom. The van der Waals surface area contributed by atoms with Crippen molar-refractivity contribution in [2.24, 2.45) is 18.9 Å². The topological polar surface area (TPSA) is 61.6 Å². The Bertz CT molecular complexity index is 649. The second-order valence-electron chi connectivity index (χ2n) is 9.10. The van der Waals surface area contributed by atoms with E-state index in [0.717, 1.165) is 31.8 Å². The predicted molar refractivity (Wildman–Crippen MR) is 99.4 cm³/mol. The van der Waals surface area contributed by atoms with Gasteiger partial charge < -0.3 is 14.6 Å². The lowest BCUT2D eigenvalue weighted by Gasteiger charge is -2.44. The number of rotatable bonds is 3. The lowest BCUT2D eigenvalue weighted by Crippen LogP contribution is -2.54. The largest absolute Gasteiger partial charge is 0.382 e. The maximum absolute atomic E-state index is 12.9. The summed E-state index contributed by atoms with van der Waals surface area (Å²) in [6, 6.07) is 0.554.